The van der Waals surface area contributed by atoms with Crippen molar-refractivity contribution in [3.63, 3.8) is 0 Å². The van der Waals surface area contributed by atoms with Crippen molar-refractivity contribution in [1.29, 1.82) is 0 Å². The summed E-state index contributed by atoms with van der Waals surface area (Å²) in [5, 5.41) is 0. The van der Waals surface area contributed by atoms with Gasteiger partial charge in [0.05, 0.1) is 12.2 Å². The molecule has 0 radical (unpaired) electrons. The summed E-state index contributed by atoms with van der Waals surface area (Å²) in [6.07, 6.45) is 2.52. The molecule has 0 saturated carbocycles. The maximum Gasteiger partial charge on any atom is 0.278 e. The summed E-state index contributed by atoms with van der Waals surface area (Å²) >= 11 is 0. The second-order valence-corrected chi connectivity index (χ2v) is 7.88. The molecule has 0 fully saturated rings. The lowest BCUT2D eigenvalue weighted by Crippen LogP contribution is -2.37. The van der Waals surface area contributed by atoms with Crippen molar-refractivity contribution >= 4 is 23.1 Å². The molecule has 168 valence electrons. The molecule has 0 aliphatic carbocycles. The molecule has 6 heteroatoms. The van der Waals surface area contributed by atoms with Gasteiger partial charge in [-0.25, -0.2) is 0 Å². The zero-order chi connectivity index (χ0) is 22.5. The van der Waals surface area contributed by atoms with Gasteiger partial charge in [-0.3, -0.25) is 14.5 Å². The molecule has 0 atom stereocenters. The Balaban J connectivity index is 1.74. The van der Waals surface area contributed by atoms with Gasteiger partial charge in [-0.1, -0.05) is 30.3 Å². The Labute approximate surface area is 189 Å². The van der Waals surface area contributed by atoms with Crippen LogP contribution in [0.15, 0.2) is 54.2 Å². The molecule has 0 bridgehead atoms. The third-order valence-corrected chi connectivity index (χ3v) is 5.85. The molecular weight excluding hydrogens is 404 g/mol. The first kappa shape index (κ1) is 22.1. The Hall–Kier alpha value is -3.12. The van der Waals surface area contributed by atoms with Gasteiger partial charge >= 0.3 is 0 Å². The third-order valence-electron chi connectivity index (χ3n) is 5.85. The van der Waals surface area contributed by atoms with Crippen molar-refractivity contribution in [2.45, 2.75) is 33.1 Å². The number of carbonyl (C=O) groups excluding carboxylic acids is 2. The van der Waals surface area contributed by atoms with Crippen molar-refractivity contribution in [2.75, 3.05) is 37.8 Å². The molecule has 4 rings (SSSR count). The standard InChI is InChI=1S/C26H30N2O4/c1-3-31-18-8-17-28-25(29)23(20-12-14-21(15-13-20)32-4-2)24(26(28)30)27-16-7-10-19-9-5-6-11-22(19)27/h5-6,9,11-15H,3-4,7-8,10,16-18H2,1-2H3. The van der Waals surface area contributed by atoms with Crippen LogP contribution >= 0.6 is 0 Å². The first-order valence-electron chi connectivity index (χ1n) is 11.4. The Kier molecular flexibility index (Phi) is 6.90. The predicted molar refractivity (Wildman–Crippen MR) is 124 cm³/mol. The van der Waals surface area contributed by atoms with E-state index in [0.717, 1.165) is 29.8 Å². The number of carbonyl (C=O) groups is 2. The van der Waals surface area contributed by atoms with Crippen molar-refractivity contribution in [2.24, 2.45) is 0 Å². The van der Waals surface area contributed by atoms with Crippen molar-refractivity contribution in [3.05, 3.63) is 65.4 Å². The Morgan fingerprint density at radius 2 is 1.72 bits per heavy atom. The second kappa shape index (κ2) is 10.0. The summed E-state index contributed by atoms with van der Waals surface area (Å²) < 4.78 is 11.0. The largest absolute Gasteiger partial charge is 0.494 e. The van der Waals surface area contributed by atoms with Crippen LogP contribution in [0.4, 0.5) is 5.69 Å². The van der Waals surface area contributed by atoms with Crippen LogP contribution in [0.25, 0.3) is 5.57 Å². The third kappa shape index (κ3) is 4.28. The summed E-state index contributed by atoms with van der Waals surface area (Å²) in [5.74, 6) is 0.271. The van der Waals surface area contributed by atoms with Gasteiger partial charge in [0, 0.05) is 32.0 Å². The van der Waals surface area contributed by atoms with E-state index >= 15 is 0 Å². The maximum absolute atomic E-state index is 13.6. The average molecular weight is 435 g/mol. The lowest BCUT2D eigenvalue weighted by molar-refractivity contribution is -0.137. The highest BCUT2D eigenvalue weighted by molar-refractivity contribution is 6.36. The summed E-state index contributed by atoms with van der Waals surface area (Å²) in [7, 11) is 0. The summed E-state index contributed by atoms with van der Waals surface area (Å²) in [6.45, 7) is 6.63. The van der Waals surface area contributed by atoms with Crippen LogP contribution < -0.4 is 9.64 Å². The topological polar surface area (TPSA) is 59.1 Å². The molecule has 2 aromatic rings. The molecule has 0 aromatic heterocycles. The van der Waals surface area contributed by atoms with Crippen LogP contribution in [0.3, 0.4) is 0 Å². The van der Waals surface area contributed by atoms with E-state index in [1.807, 2.05) is 61.2 Å². The number of nitrogens with zero attached hydrogens (tertiary/aromatic N) is 2. The highest BCUT2D eigenvalue weighted by Crippen LogP contribution is 2.38. The fraction of sp³-hybridized carbons (Fsp3) is 0.385. The van der Waals surface area contributed by atoms with Crippen LogP contribution in [-0.2, 0) is 20.7 Å². The highest BCUT2D eigenvalue weighted by atomic mass is 16.5. The van der Waals surface area contributed by atoms with Gasteiger partial charge in [-0.2, -0.15) is 0 Å². The van der Waals surface area contributed by atoms with E-state index < -0.39 is 0 Å². The number of hydrogen-bond donors (Lipinski definition) is 0. The van der Waals surface area contributed by atoms with Crippen LogP contribution in [0.2, 0.25) is 0 Å². The highest BCUT2D eigenvalue weighted by Gasteiger charge is 2.42. The second-order valence-electron chi connectivity index (χ2n) is 7.88. The van der Waals surface area contributed by atoms with E-state index in [1.165, 1.54) is 10.5 Å². The summed E-state index contributed by atoms with van der Waals surface area (Å²) in [4.78, 5) is 30.5. The first-order chi connectivity index (χ1) is 15.7. The molecule has 2 heterocycles. The minimum absolute atomic E-state index is 0.230. The average Bonchev–Trinajstić information content (AvgIpc) is 3.06. The number of benzene rings is 2. The van der Waals surface area contributed by atoms with Gasteiger partial charge in [0.15, 0.2) is 0 Å². The van der Waals surface area contributed by atoms with Gasteiger partial charge in [0.25, 0.3) is 11.8 Å². The minimum Gasteiger partial charge on any atom is -0.494 e. The molecule has 2 amide bonds. The van der Waals surface area contributed by atoms with Gasteiger partial charge < -0.3 is 14.4 Å². The van der Waals surface area contributed by atoms with E-state index in [0.29, 0.717) is 50.6 Å². The number of rotatable bonds is 9. The van der Waals surface area contributed by atoms with Gasteiger partial charge in [-0.15, -0.1) is 0 Å². The van der Waals surface area contributed by atoms with E-state index in [1.54, 1.807) is 0 Å². The molecule has 2 aliphatic heterocycles. The van der Waals surface area contributed by atoms with E-state index in [2.05, 4.69) is 6.07 Å². The van der Waals surface area contributed by atoms with Crippen LogP contribution in [0, 0.1) is 0 Å². The molecular formula is C26H30N2O4. The Morgan fingerprint density at radius 3 is 2.47 bits per heavy atom. The number of imide groups is 1. The lowest BCUT2D eigenvalue weighted by Gasteiger charge is -2.32. The van der Waals surface area contributed by atoms with Gasteiger partial charge in [0.2, 0.25) is 0 Å². The lowest BCUT2D eigenvalue weighted by atomic mass is 9.98. The number of anilines is 1. The Bertz CT molecular complexity index is 1010. The number of amides is 2. The van der Waals surface area contributed by atoms with Crippen molar-refractivity contribution < 1.29 is 19.1 Å². The number of ether oxygens (including phenoxy) is 2. The van der Waals surface area contributed by atoms with E-state index in [4.69, 9.17) is 9.47 Å². The molecule has 0 spiro atoms. The SMILES string of the molecule is CCOCCCN1C(=O)C(c2ccc(OCC)cc2)=C(N2CCCc3ccccc32)C1=O. The molecule has 2 aromatic carbocycles. The Morgan fingerprint density at radius 1 is 0.938 bits per heavy atom. The molecule has 32 heavy (non-hydrogen) atoms. The van der Waals surface area contributed by atoms with E-state index in [-0.39, 0.29) is 11.8 Å². The van der Waals surface area contributed by atoms with Crippen LogP contribution in [-0.4, -0.2) is 49.6 Å². The van der Waals surface area contributed by atoms with Crippen molar-refractivity contribution in [1.82, 2.24) is 4.90 Å². The van der Waals surface area contributed by atoms with Crippen LogP contribution in [0.5, 0.6) is 5.75 Å². The number of para-hydroxylation sites is 1. The summed E-state index contributed by atoms with van der Waals surface area (Å²) in [5.41, 5.74) is 3.88. The number of aryl methyl sites for hydroxylation is 1. The zero-order valence-corrected chi connectivity index (χ0v) is 18.8. The normalized spacial score (nSPS) is 16.1. The molecule has 6 nitrogen and oxygen atoms in total. The monoisotopic (exact) mass is 434 g/mol. The molecule has 2 aliphatic rings. The number of hydrogen-bond acceptors (Lipinski definition) is 5. The first-order valence-corrected chi connectivity index (χ1v) is 11.4. The zero-order valence-electron chi connectivity index (χ0n) is 18.8. The molecule has 0 unspecified atom stereocenters. The quantitative estimate of drug-likeness (QED) is 0.440. The maximum atomic E-state index is 13.6. The van der Waals surface area contributed by atoms with E-state index in [9.17, 15) is 9.59 Å². The fourth-order valence-electron chi connectivity index (χ4n) is 4.40. The minimum atomic E-state index is -0.242. The van der Waals surface area contributed by atoms with Crippen LogP contribution in [0.1, 0.15) is 37.8 Å². The predicted octanol–water partition coefficient (Wildman–Crippen LogP) is 4.04. The van der Waals surface area contributed by atoms with Gasteiger partial charge in [0.1, 0.15) is 11.4 Å². The number of fused-ring (bicyclic) bond motifs is 1. The smallest absolute Gasteiger partial charge is 0.278 e. The van der Waals surface area contributed by atoms with Gasteiger partial charge in [-0.05, 0) is 62.4 Å². The van der Waals surface area contributed by atoms with Crippen molar-refractivity contribution in [3.8, 4) is 5.75 Å². The molecule has 0 N–H and O–H groups in total. The fourth-order valence-corrected chi connectivity index (χ4v) is 4.40. The summed E-state index contributed by atoms with van der Waals surface area (Å²) in [6, 6.07) is 15.6. The molecule has 0 saturated heterocycles.